The number of hydrogen-bond donors (Lipinski definition) is 6. The molecule has 12 N–H and O–H groups in total. The fourth-order valence-corrected chi connectivity index (χ4v) is 7.70. The van der Waals surface area contributed by atoms with Crippen molar-refractivity contribution in [3.63, 3.8) is 0 Å². The van der Waals surface area contributed by atoms with Gasteiger partial charge >= 0.3 is 161 Å². The summed E-state index contributed by atoms with van der Waals surface area (Å²) in [6, 6.07) is 0.119. The minimum absolute atomic E-state index is 0. The summed E-state index contributed by atoms with van der Waals surface area (Å²) < 4.78 is 230. The summed E-state index contributed by atoms with van der Waals surface area (Å²) in [5, 5.41) is 51.4. The van der Waals surface area contributed by atoms with E-state index in [0.29, 0.717) is 6.54 Å². The molecule has 452 valence electrons. The molecule has 5 fully saturated rings. The van der Waals surface area contributed by atoms with Crippen LogP contribution in [0, 0.1) is 98.8 Å². The molecule has 22 nitrogen and oxygen atoms in total. The second kappa shape index (κ2) is 35.9. The Morgan fingerprint density at radius 3 is 0.776 bits per heavy atom. The standard InChI is InChI=1S/C16H28N3O.C16H24N3O.4CHF3O3S.2Eu.2H2O/c2*20-16(13-7-1-4-10-17-13,14-8-2-5-11-18-14)15-9-3-6-12-19-15;4*2-1(3,4)8(5,6)7;;;;/h13-15,20H,1-12H2;1,4,7,14-15,20H,2-3,5-6,8-12H2;4*(H,5,6,7);;;2*1H2/q2*-3;;;;;2*+3;;/p+2. The molecule has 0 radical (unpaired) electrons. The molecule has 0 aliphatic carbocycles. The van der Waals surface area contributed by atoms with E-state index in [9.17, 15) is 62.9 Å². The molecule has 5 atom stereocenters. The molecule has 6 aliphatic heterocycles. The Hall–Kier alpha value is 0.889. The molecule has 0 saturated carbocycles. The van der Waals surface area contributed by atoms with Gasteiger partial charge in [-0.15, -0.1) is 81.3 Å². The molecule has 0 bridgehead atoms. The molecule has 5 saturated heterocycles. The van der Waals surface area contributed by atoms with Gasteiger partial charge in [0, 0.05) is 11.2 Å². The van der Waals surface area contributed by atoms with Gasteiger partial charge in [-0.05, 0) is 0 Å². The zero-order chi connectivity index (χ0) is 55.7. The average Bonchev–Trinajstić information content (AvgIpc) is 3.29. The maximum absolute atomic E-state index is 11.6. The second-order valence-corrected chi connectivity index (χ2v) is 22.0. The third-order valence-electron chi connectivity index (χ3n) is 11.1. The van der Waals surface area contributed by atoms with E-state index in [0.717, 1.165) is 96.2 Å². The number of aliphatic hydroxyl groups is 2. The Kier molecular flexibility index (Phi) is 39.4. The monoisotopic (exact) mass is 1500 g/mol. The molecule has 0 spiro atoms. The Labute approximate surface area is 514 Å². The molecule has 40 heteroatoms. The number of halogens is 12. The first-order valence-electron chi connectivity index (χ1n) is 21.6. The van der Waals surface area contributed by atoms with Gasteiger partial charge in [-0.1, -0.05) is 108 Å². The number of piperidine rings is 5. The summed E-state index contributed by atoms with van der Waals surface area (Å²) in [7, 11) is -23.4. The maximum Gasteiger partial charge on any atom is 3.00 e. The largest absolute Gasteiger partial charge is 3.00 e. The number of alkyl halides is 12. The van der Waals surface area contributed by atoms with E-state index < -0.39 is 73.7 Å². The Balaban J connectivity index is -0.000000431. The molecule has 0 aromatic carbocycles. The quantitative estimate of drug-likeness (QED) is 0.0704. The van der Waals surface area contributed by atoms with Gasteiger partial charge in [-0.3, -0.25) is 18.2 Å². The molecule has 0 aromatic rings. The zero-order valence-electron chi connectivity index (χ0n) is 39.7. The molecule has 6 aliphatic rings. The van der Waals surface area contributed by atoms with Gasteiger partial charge < -0.3 is 53.1 Å². The van der Waals surface area contributed by atoms with Crippen LogP contribution in [0.2, 0.25) is 0 Å². The van der Waals surface area contributed by atoms with Gasteiger partial charge in [0.05, 0.1) is 0 Å². The van der Waals surface area contributed by atoms with Crippen molar-refractivity contribution in [3.05, 3.63) is 55.8 Å². The first-order valence-corrected chi connectivity index (χ1v) is 27.4. The van der Waals surface area contributed by atoms with Crippen LogP contribution >= 0.6 is 0 Å². The summed E-state index contributed by atoms with van der Waals surface area (Å²) in [4.78, 5) is 0. The van der Waals surface area contributed by atoms with Crippen LogP contribution in [0.25, 0.3) is 31.9 Å². The summed E-state index contributed by atoms with van der Waals surface area (Å²) in [6.45, 7) is 5.12. The Morgan fingerprint density at radius 2 is 0.618 bits per heavy atom. The minimum Gasteiger partial charge on any atom is -0.682 e. The van der Waals surface area contributed by atoms with Gasteiger partial charge in [-0.25, -0.2) is 0 Å². The summed E-state index contributed by atoms with van der Waals surface area (Å²) in [6.07, 6.45) is 22.6. The maximum atomic E-state index is 11.6. The first kappa shape index (κ1) is 83.3. The predicted octanol–water partition coefficient (Wildman–Crippen LogP) is 6.63. The van der Waals surface area contributed by atoms with Crippen molar-refractivity contribution in [1.82, 2.24) is 0 Å². The molecule has 6 rings (SSSR count). The average molecular weight is 1500 g/mol. The number of hydrogen-bond acceptors (Lipinski definition) is 10. The van der Waals surface area contributed by atoms with Crippen LogP contribution < -0.4 is 0 Å². The molecule has 6 heterocycles. The first-order chi connectivity index (χ1) is 32.6. The number of allylic oxidation sites excluding steroid dienone is 2. The van der Waals surface area contributed by atoms with Crippen molar-refractivity contribution in [2.24, 2.45) is 0 Å². The molecule has 0 aromatic heterocycles. The smallest absolute Gasteiger partial charge is 0.682 e. The van der Waals surface area contributed by atoms with Crippen LogP contribution in [0.15, 0.2) is 23.9 Å². The van der Waals surface area contributed by atoms with Gasteiger partial charge in [0.2, 0.25) is 0 Å². The van der Waals surface area contributed by atoms with E-state index in [1.54, 1.807) is 0 Å². The third-order valence-corrected chi connectivity index (χ3v) is 13.5. The SMILES string of the molecule is O=S(=O)(O)C(F)(F)F.O=S(=O)(O)C(F)(F)F.O=S(=O)(O)C(F)(F)F.O=S(=O)(O)C(F)(F)F.OC(C1=CC=CC[N-]1)(C1CCCC[N-]1)C1CCCC[N-]1.OC(C1CCCC[N-]1)(C1CCCC[N-]1)C1CCCC[N-]1.[Eu+3].[Eu+3].[OH3+].[OH3+]. The topological polar surface area (TPSA) is 409 Å². The van der Waals surface area contributed by atoms with Crippen molar-refractivity contribution < 1.29 is 224 Å². The van der Waals surface area contributed by atoms with Crippen LogP contribution in [0.3, 0.4) is 0 Å². The normalized spacial score (nSPS) is 25.1. The number of rotatable bonds is 6. The van der Waals surface area contributed by atoms with E-state index >= 15 is 0 Å². The molecule has 76 heavy (non-hydrogen) atoms. The Morgan fingerprint density at radius 1 is 0.408 bits per heavy atom. The molecule has 5 unspecified atom stereocenters. The Bertz CT molecular complexity index is 1920. The van der Waals surface area contributed by atoms with E-state index in [2.05, 4.69) is 5.32 Å². The van der Waals surface area contributed by atoms with Crippen LogP contribution in [0.4, 0.5) is 52.7 Å². The third kappa shape index (κ3) is 28.0. The predicted molar refractivity (Wildman–Crippen MR) is 245 cm³/mol. The molecular formula is C36H62Eu2F12N6O16S4+2. The van der Waals surface area contributed by atoms with Crippen molar-refractivity contribution in [2.45, 2.75) is 160 Å². The van der Waals surface area contributed by atoms with Crippen LogP contribution in [0.5, 0.6) is 0 Å². The van der Waals surface area contributed by atoms with Gasteiger partial charge in [0.25, 0.3) is 0 Å². The van der Waals surface area contributed by atoms with E-state index in [4.69, 9.17) is 78.5 Å². The second-order valence-electron chi connectivity index (χ2n) is 16.3. The van der Waals surface area contributed by atoms with Crippen molar-refractivity contribution in [2.75, 3.05) is 39.3 Å². The van der Waals surface area contributed by atoms with Gasteiger partial charge in [0.1, 0.15) is 0 Å². The van der Waals surface area contributed by atoms with Crippen molar-refractivity contribution in [3.8, 4) is 0 Å². The van der Waals surface area contributed by atoms with Crippen LogP contribution in [0.1, 0.15) is 96.3 Å². The van der Waals surface area contributed by atoms with Crippen molar-refractivity contribution in [1.29, 1.82) is 0 Å². The minimum atomic E-state index is -5.84. The summed E-state index contributed by atoms with van der Waals surface area (Å²) >= 11 is 0. The zero-order valence-corrected chi connectivity index (χ0v) is 47.8. The fraction of sp³-hybridized carbons (Fsp3) is 0.889. The van der Waals surface area contributed by atoms with Gasteiger partial charge in [0.15, 0.2) is 0 Å². The van der Waals surface area contributed by atoms with Crippen LogP contribution in [-0.2, 0) is 51.4 Å². The number of nitrogens with zero attached hydrogens (tertiary/aromatic N) is 6. The van der Waals surface area contributed by atoms with Gasteiger partial charge in [-0.2, -0.15) is 86.4 Å². The van der Waals surface area contributed by atoms with Crippen molar-refractivity contribution >= 4 is 40.5 Å². The van der Waals surface area contributed by atoms with E-state index in [1.807, 2.05) is 18.2 Å². The summed E-state index contributed by atoms with van der Waals surface area (Å²) in [5.74, 6) is 0. The van der Waals surface area contributed by atoms with E-state index in [1.165, 1.54) is 38.5 Å². The van der Waals surface area contributed by atoms with E-state index in [-0.39, 0.29) is 140 Å². The fourth-order valence-electron chi connectivity index (χ4n) is 7.70. The summed E-state index contributed by atoms with van der Waals surface area (Å²) in [5.41, 5.74) is -23.1. The molecule has 0 amide bonds. The van der Waals surface area contributed by atoms with Crippen LogP contribution in [-0.4, -0.2) is 165 Å². The molecular weight excluding hydrogens is 1430 g/mol.